The number of carbonyl (C=O) groups excluding carboxylic acids is 1. The van der Waals surface area contributed by atoms with Gasteiger partial charge in [0.25, 0.3) is 0 Å². The Hall–Kier alpha value is -2.32. The Kier molecular flexibility index (Phi) is 3.88. The van der Waals surface area contributed by atoms with Crippen LogP contribution in [0.5, 0.6) is 0 Å². The molecule has 0 radical (unpaired) electrons. The van der Waals surface area contributed by atoms with Crippen LogP contribution < -0.4 is 11.5 Å². The van der Waals surface area contributed by atoms with E-state index in [1.165, 1.54) is 11.8 Å². The number of ether oxygens (including phenoxy) is 1. The van der Waals surface area contributed by atoms with E-state index < -0.39 is 72.4 Å². The van der Waals surface area contributed by atoms with Crippen LogP contribution in [0.15, 0.2) is 9.98 Å². The van der Waals surface area contributed by atoms with Gasteiger partial charge in [-0.2, -0.15) is 18.2 Å². The molecule has 11 nitrogen and oxygen atoms in total. The van der Waals surface area contributed by atoms with Crippen molar-refractivity contribution in [1.82, 2.24) is 9.96 Å². The largest absolute Gasteiger partial charge is 0.457 e. The molecule has 5 unspecified atom stereocenters. The van der Waals surface area contributed by atoms with Gasteiger partial charge in [-0.25, -0.2) is 9.98 Å². The van der Waals surface area contributed by atoms with Gasteiger partial charge in [0.15, 0.2) is 17.5 Å². The average Bonchev–Trinajstić information content (AvgIpc) is 3.35. The Labute approximate surface area is 162 Å². The standard InChI is InChI=1S/C15H21F3N6O5/c1-12(27)7(29-9(26)13(2-3-13)15(16,17)18)4-23-10(19)21-6(5-25)8-14(12,23)24(28)11(20)22-8/h6-8,25,27-28H,2-5H2,1H3,(H2,19,21)(H2,20,22). The number of guanidine groups is 2. The highest BCUT2D eigenvalue weighted by atomic mass is 19.4. The molecule has 7 N–H and O–H groups in total. The van der Waals surface area contributed by atoms with Crippen LogP contribution in [-0.4, -0.2) is 92.1 Å². The van der Waals surface area contributed by atoms with E-state index in [9.17, 15) is 33.4 Å². The first kappa shape index (κ1) is 20.0. The summed E-state index contributed by atoms with van der Waals surface area (Å²) in [6.07, 6.45) is -7.10. The number of alkyl halides is 3. The Morgan fingerprint density at radius 3 is 2.45 bits per heavy atom. The monoisotopic (exact) mass is 422 g/mol. The third kappa shape index (κ3) is 2.21. The van der Waals surface area contributed by atoms with Crippen molar-refractivity contribution in [1.29, 1.82) is 0 Å². The third-order valence-corrected chi connectivity index (χ3v) is 6.41. The molecular weight excluding hydrogens is 401 g/mol. The minimum atomic E-state index is -4.78. The SMILES string of the molecule is CC1(O)C(OC(=O)C2(C(F)(F)F)CC2)CN2C(N)=NC(CO)C3N=C(N)N(O)C321. The topological polar surface area (TPSA) is 170 Å². The molecule has 3 heterocycles. The van der Waals surface area contributed by atoms with E-state index >= 15 is 0 Å². The zero-order valence-electron chi connectivity index (χ0n) is 15.3. The van der Waals surface area contributed by atoms with Crippen molar-refractivity contribution in [3.63, 3.8) is 0 Å². The summed E-state index contributed by atoms with van der Waals surface area (Å²) < 4.78 is 44.9. The van der Waals surface area contributed by atoms with Gasteiger partial charge in [-0.3, -0.25) is 10.0 Å². The maximum atomic E-state index is 13.3. The smallest absolute Gasteiger partial charge is 0.404 e. The lowest BCUT2D eigenvalue weighted by atomic mass is 9.79. The van der Waals surface area contributed by atoms with Crippen LogP contribution in [0.25, 0.3) is 0 Å². The van der Waals surface area contributed by atoms with Crippen LogP contribution in [0.4, 0.5) is 13.2 Å². The number of aliphatic imine (C=N–C) groups is 2. The number of hydrogen-bond acceptors (Lipinski definition) is 11. The molecule has 1 saturated heterocycles. The number of rotatable bonds is 3. The predicted molar refractivity (Wildman–Crippen MR) is 89.2 cm³/mol. The van der Waals surface area contributed by atoms with Gasteiger partial charge in [0, 0.05) is 0 Å². The first-order valence-corrected chi connectivity index (χ1v) is 8.89. The Bertz CT molecular complexity index is 813. The van der Waals surface area contributed by atoms with Gasteiger partial charge in [0.05, 0.1) is 13.2 Å². The van der Waals surface area contributed by atoms with Crippen LogP contribution in [0.2, 0.25) is 0 Å². The lowest BCUT2D eigenvalue weighted by Crippen LogP contribution is -2.76. The molecule has 3 aliphatic heterocycles. The summed E-state index contributed by atoms with van der Waals surface area (Å²) in [7, 11) is 0. The minimum Gasteiger partial charge on any atom is -0.457 e. The van der Waals surface area contributed by atoms with Gasteiger partial charge in [0.2, 0.25) is 11.6 Å². The highest BCUT2D eigenvalue weighted by Crippen LogP contribution is 2.59. The molecule has 4 rings (SSSR count). The molecule has 0 amide bonds. The molecule has 0 bridgehead atoms. The normalized spacial score (nSPS) is 40.2. The number of nitrogens with zero attached hydrogens (tertiary/aromatic N) is 4. The lowest BCUT2D eigenvalue weighted by molar-refractivity contribution is -0.239. The van der Waals surface area contributed by atoms with Crippen molar-refractivity contribution in [2.45, 2.75) is 55.4 Å². The zero-order valence-corrected chi connectivity index (χ0v) is 15.3. The third-order valence-electron chi connectivity index (χ3n) is 6.41. The summed E-state index contributed by atoms with van der Waals surface area (Å²) in [6, 6.07) is -2.12. The number of aliphatic hydroxyl groups excluding tert-OH is 1. The van der Waals surface area contributed by atoms with E-state index in [0.717, 1.165) is 0 Å². The summed E-state index contributed by atoms with van der Waals surface area (Å²) in [5, 5.41) is 32.1. The van der Waals surface area contributed by atoms with E-state index in [2.05, 4.69) is 9.98 Å². The molecule has 5 atom stereocenters. The van der Waals surface area contributed by atoms with E-state index in [0.29, 0.717) is 5.06 Å². The first-order chi connectivity index (χ1) is 13.3. The molecule has 4 aliphatic rings. The molecular formula is C15H21F3N6O5. The number of aliphatic hydroxyl groups is 2. The predicted octanol–water partition coefficient (Wildman–Crippen LogP) is -1.92. The van der Waals surface area contributed by atoms with Crippen LogP contribution in [0.1, 0.15) is 19.8 Å². The van der Waals surface area contributed by atoms with E-state index in [1.807, 2.05) is 0 Å². The maximum Gasteiger partial charge on any atom is 0.404 e. The zero-order chi connectivity index (χ0) is 21.6. The van der Waals surface area contributed by atoms with Crippen molar-refractivity contribution in [2.75, 3.05) is 13.2 Å². The molecule has 0 aromatic rings. The highest BCUT2D eigenvalue weighted by molar-refractivity contribution is 5.87. The first-order valence-electron chi connectivity index (χ1n) is 8.89. The fourth-order valence-corrected chi connectivity index (χ4v) is 4.56. The Morgan fingerprint density at radius 1 is 1.31 bits per heavy atom. The van der Waals surface area contributed by atoms with Crippen molar-refractivity contribution in [2.24, 2.45) is 26.9 Å². The van der Waals surface area contributed by atoms with Crippen LogP contribution in [0.3, 0.4) is 0 Å². The number of hydroxylamine groups is 2. The summed E-state index contributed by atoms with van der Waals surface area (Å²) in [5.41, 5.74) is 4.95. The quantitative estimate of drug-likeness (QED) is 0.325. The number of nitrogens with two attached hydrogens (primary N) is 2. The molecule has 1 spiro atoms. The summed E-state index contributed by atoms with van der Waals surface area (Å²) in [6.45, 7) is 0.259. The number of esters is 1. The molecule has 0 aromatic heterocycles. The van der Waals surface area contributed by atoms with Crippen molar-refractivity contribution >= 4 is 17.9 Å². The van der Waals surface area contributed by atoms with Gasteiger partial charge < -0.3 is 31.3 Å². The van der Waals surface area contributed by atoms with Crippen LogP contribution in [-0.2, 0) is 9.53 Å². The van der Waals surface area contributed by atoms with Crippen LogP contribution in [0, 0.1) is 5.41 Å². The Morgan fingerprint density at radius 2 is 1.93 bits per heavy atom. The van der Waals surface area contributed by atoms with Crippen LogP contribution >= 0.6 is 0 Å². The van der Waals surface area contributed by atoms with Gasteiger partial charge in [-0.15, -0.1) is 0 Å². The molecule has 162 valence electrons. The lowest BCUT2D eigenvalue weighted by Gasteiger charge is -2.51. The number of halogens is 3. The second kappa shape index (κ2) is 5.64. The fourth-order valence-electron chi connectivity index (χ4n) is 4.56. The number of hydrogen-bond donors (Lipinski definition) is 5. The van der Waals surface area contributed by atoms with Gasteiger partial charge in [-0.05, 0) is 19.8 Å². The van der Waals surface area contributed by atoms with Crippen molar-refractivity contribution in [3.8, 4) is 0 Å². The summed E-state index contributed by atoms with van der Waals surface area (Å²) in [4.78, 5) is 21.7. The highest BCUT2D eigenvalue weighted by Gasteiger charge is 2.77. The second-order valence-corrected chi connectivity index (χ2v) is 7.94. The summed E-state index contributed by atoms with van der Waals surface area (Å²) >= 11 is 0. The average molecular weight is 422 g/mol. The molecule has 2 fully saturated rings. The molecule has 29 heavy (non-hydrogen) atoms. The maximum absolute atomic E-state index is 13.3. The minimum absolute atomic E-state index is 0.222. The fraction of sp³-hybridized carbons (Fsp3) is 0.800. The van der Waals surface area contributed by atoms with Gasteiger partial charge in [-0.1, -0.05) is 0 Å². The molecule has 0 aromatic carbocycles. The number of carbonyl (C=O) groups is 1. The Balaban J connectivity index is 1.72. The molecule has 14 heteroatoms. The summed E-state index contributed by atoms with van der Waals surface area (Å²) in [5.74, 6) is -2.14. The second-order valence-electron chi connectivity index (χ2n) is 7.94. The molecule has 1 saturated carbocycles. The van der Waals surface area contributed by atoms with Gasteiger partial charge in [0.1, 0.15) is 17.7 Å². The van der Waals surface area contributed by atoms with E-state index in [-0.39, 0.29) is 12.5 Å². The van der Waals surface area contributed by atoms with Crippen molar-refractivity contribution in [3.05, 3.63) is 0 Å². The van der Waals surface area contributed by atoms with E-state index in [4.69, 9.17) is 16.2 Å². The van der Waals surface area contributed by atoms with E-state index in [1.54, 1.807) is 0 Å². The van der Waals surface area contributed by atoms with Gasteiger partial charge >= 0.3 is 12.1 Å². The van der Waals surface area contributed by atoms with Crippen molar-refractivity contribution < 1.29 is 38.1 Å². The molecule has 1 aliphatic carbocycles.